The van der Waals surface area contributed by atoms with Crippen molar-refractivity contribution in [3.63, 3.8) is 0 Å². The molecule has 1 aromatic carbocycles. The first-order chi connectivity index (χ1) is 8.32. The average Bonchev–Trinajstić information content (AvgIpc) is 2.27. The van der Waals surface area contributed by atoms with Crippen LogP contribution in [0.4, 0.5) is 5.69 Å². The van der Waals surface area contributed by atoms with Crippen LogP contribution in [-0.4, -0.2) is 32.4 Å². The van der Waals surface area contributed by atoms with E-state index in [1.54, 1.807) is 24.3 Å². The minimum Gasteiger partial charge on any atom is -0.394 e. The van der Waals surface area contributed by atoms with Crippen molar-refractivity contribution < 1.29 is 13.5 Å². The smallest absolute Gasteiger partial charge is 0.175 e. The predicted molar refractivity (Wildman–Crippen MR) is 73.5 cm³/mol. The van der Waals surface area contributed by atoms with Gasteiger partial charge < -0.3 is 10.4 Å². The zero-order valence-electron chi connectivity index (χ0n) is 11.1. The molecule has 0 saturated carbocycles. The van der Waals surface area contributed by atoms with Crippen molar-refractivity contribution in [1.29, 1.82) is 0 Å². The van der Waals surface area contributed by atoms with Gasteiger partial charge in [-0.1, -0.05) is 13.8 Å². The van der Waals surface area contributed by atoms with Crippen molar-refractivity contribution in [1.82, 2.24) is 0 Å². The summed E-state index contributed by atoms with van der Waals surface area (Å²) >= 11 is 0. The predicted octanol–water partition coefficient (Wildman–Crippen LogP) is 1.91. The van der Waals surface area contributed by atoms with Gasteiger partial charge >= 0.3 is 0 Å². The van der Waals surface area contributed by atoms with Gasteiger partial charge in [0.1, 0.15) is 0 Å². The van der Waals surface area contributed by atoms with Crippen molar-refractivity contribution >= 4 is 15.5 Å². The third-order valence-corrected chi connectivity index (χ3v) is 3.76. The van der Waals surface area contributed by atoms with Crippen LogP contribution in [0.15, 0.2) is 29.2 Å². The molecule has 5 heteroatoms. The monoisotopic (exact) mass is 271 g/mol. The van der Waals surface area contributed by atoms with Gasteiger partial charge in [0.05, 0.1) is 11.5 Å². The second-order valence-corrected chi connectivity index (χ2v) is 6.97. The van der Waals surface area contributed by atoms with Crippen molar-refractivity contribution in [2.24, 2.45) is 5.92 Å². The Labute approximate surface area is 109 Å². The zero-order chi connectivity index (χ0) is 13.8. The third-order valence-electron chi connectivity index (χ3n) is 2.63. The lowest BCUT2D eigenvalue weighted by atomic mass is 10.0. The number of rotatable bonds is 6. The van der Waals surface area contributed by atoms with E-state index in [1.807, 2.05) is 0 Å². The maximum Gasteiger partial charge on any atom is 0.175 e. The Morgan fingerprint density at radius 1 is 1.22 bits per heavy atom. The Bertz CT molecular complexity index is 466. The van der Waals surface area contributed by atoms with Crippen LogP contribution >= 0.6 is 0 Å². The average molecular weight is 271 g/mol. The van der Waals surface area contributed by atoms with Gasteiger partial charge in [-0.3, -0.25) is 0 Å². The summed E-state index contributed by atoms with van der Waals surface area (Å²) in [6.07, 6.45) is 2.05. The summed E-state index contributed by atoms with van der Waals surface area (Å²) in [6.45, 7) is 4.25. The number of hydrogen-bond acceptors (Lipinski definition) is 4. The fraction of sp³-hybridized carbons (Fsp3) is 0.538. The molecule has 2 N–H and O–H groups in total. The number of sulfone groups is 1. The van der Waals surface area contributed by atoms with Crippen molar-refractivity contribution in [3.8, 4) is 0 Å². The minimum atomic E-state index is -3.15. The Morgan fingerprint density at radius 2 is 1.78 bits per heavy atom. The normalized spacial score (nSPS) is 13.6. The molecule has 1 aromatic rings. The molecule has 0 heterocycles. The second-order valence-electron chi connectivity index (χ2n) is 4.95. The first-order valence-corrected chi connectivity index (χ1v) is 7.89. The summed E-state index contributed by atoms with van der Waals surface area (Å²) in [7, 11) is -3.15. The van der Waals surface area contributed by atoms with Gasteiger partial charge in [0.15, 0.2) is 9.84 Å². The van der Waals surface area contributed by atoms with Crippen LogP contribution in [0, 0.1) is 5.92 Å². The van der Waals surface area contributed by atoms with Gasteiger partial charge in [-0.15, -0.1) is 0 Å². The molecule has 4 nitrogen and oxygen atoms in total. The first kappa shape index (κ1) is 15.0. The first-order valence-electron chi connectivity index (χ1n) is 6.00. The minimum absolute atomic E-state index is 0.00548. The number of aliphatic hydroxyl groups is 1. The molecular weight excluding hydrogens is 250 g/mol. The van der Waals surface area contributed by atoms with E-state index in [0.717, 1.165) is 12.1 Å². The Balaban J connectivity index is 2.74. The molecule has 0 amide bonds. The molecule has 0 bridgehead atoms. The lowest BCUT2D eigenvalue weighted by Gasteiger charge is -2.19. The van der Waals surface area contributed by atoms with E-state index in [4.69, 9.17) is 0 Å². The Hall–Kier alpha value is -1.07. The molecule has 18 heavy (non-hydrogen) atoms. The quantitative estimate of drug-likeness (QED) is 0.829. The summed E-state index contributed by atoms with van der Waals surface area (Å²) in [5.41, 5.74) is 0.821. The molecule has 0 aliphatic rings. The molecule has 0 fully saturated rings. The fourth-order valence-corrected chi connectivity index (χ4v) is 2.41. The highest BCUT2D eigenvalue weighted by Gasteiger charge is 2.10. The van der Waals surface area contributed by atoms with E-state index in [2.05, 4.69) is 19.2 Å². The van der Waals surface area contributed by atoms with Gasteiger partial charge in [-0.2, -0.15) is 0 Å². The van der Waals surface area contributed by atoms with Crippen LogP contribution in [0.25, 0.3) is 0 Å². The standard InChI is InChI=1S/C13H21NO3S/c1-10(2)8-12(9-15)14-11-4-6-13(7-5-11)18(3,16)17/h4-7,10,12,14-15H,8-9H2,1-3H3. The molecule has 0 spiro atoms. The molecule has 0 aliphatic carbocycles. The number of benzene rings is 1. The zero-order valence-corrected chi connectivity index (χ0v) is 11.9. The highest BCUT2D eigenvalue weighted by molar-refractivity contribution is 7.90. The summed E-state index contributed by atoms with van der Waals surface area (Å²) < 4.78 is 22.6. The van der Waals surface area contributed by atoms with E-state index in [1.165, 1.54) is 6.26 Å². The summed E-state index contributed by atoms with van der Waals surface area (Å²) in [6, 6.07) is 6.58. The van der Waals surface area contributed by atoms with Crippen LogP contribution in [0.5, 0.6) is 0 Å². The summed E-state index contributed by atoms with van der Waals surface area (Å²) in [4.78, 5) is 0.303. The molecule has 1 atom stereocenters. The molecule has 102 valence electrons. The van der Waals surface area contributed by atoms with Gasteiger partial charge in [0, 0.05) is 18.0 Å². The van der Waals surface area contributed by atoms with E-state index < -0.39 is 9.84 Å². The number of hydrogen-bond donors (Lipinski definition) is 2. The molecular formula is C13H21NO3S. The maximum atomic E-state index is 11.3. The fourth-order valence-electron chi connectivity index (χ4n) is 1.78. The molecule has 0 saturated heterocycles. The van der Waals surface area contributed by atoms with Crippen LogP contribution < -0.4 is 5.32 Å². The molecule has 0 aliphatic heterocycles. The van der Waals surface area contributed by atoms with Gasteiger partial charge in [0.25, 0.3) is 0 Å². The number of aliphatic hydroxyl groups excluding tert-OH is 1. The Morgan fingerprint density at radius 3 is 2.17 bits per heavy atom. The van der Waals surface area contributed by atoms with Crippen molar-refractivity contribution in [2.75, 3.05) is 18.2 Å². The number of nitrogens with one attached hydrogen (secondary N) is 1. The third kappa shape index (κ3) is 4.66. The highest BCUT2D eigenvalue weighted by atomic mass is 32.2. The van der Waals surface area contributed by atoms with E-state index >= 15 is 0 Å². The molecule has 0 radical (unpaired) electrons. The SMILES string of the molecule is CC(C)CC(CO)Nc1ccc(S(C)(=O)=O)cc1. The van der Waals surface area contributed by atoms with Gasteiger partial charge in [-0.05, 0) is 36.6 Å². The molecule has 0 aromatic heterocycles. The Kier molecular flexibility index (Phi) is 5.16. The van der Waals surface area contributed by atoms with Crippen LogP contribution in [0.1, 0.15) is 20.3 Å². The van der Waals surface area contributed by atoms with Gasteiger partial charge in [-0.25, -0.2) is 8.42 Å². The van der Waals surface area contributed by atoms with Crippen molar-refractivity contribution in [2.45, 2.75) is 31.2 Å². The molecule has 1 unspecified atom stereocenters. The van der Waals surface area contributed by atoms with Gasteiger partial charge in [0.2, 0.25) is 0 Å². The van der Waals surface area contributed by atoms with Crippen molar-refractivity contribution in [3.05, 3.63) is 24.3 Å². The lowest BCUT2D eigenvalue weighted by Crippen LogP contribution is -2.25. The van der Waals surface area contributed by atoms with E-state index in [-0.39, 0.29) is 12.6 Å². The second kappa shape index (κ2) is 6.20. The number of anilines is 1. The largest absolute Gasteiger partial charge is 0.394 e. The van der Waals surface area contributed by atoms with Crippen LogP contribution in [0.3, 0.4) is 0 Å². The maximum absolute atomic E-state index is 11.3. The van der Waals surface area contributed by atoms with Crippen LogP contribution in [-0.2, 0) is 9.84 Å². The van der Waals surface area contributed by atoms with Crippen LogP contribution in [0.2, 0.25) is 0 Å². The highest BCUT2D eigenvalue weighted by Crippen LogP contribution is 2.16. The summed E-state index contributed by atoms with van der Waals surface area (Å²) in [5, 5.41) is 12.5. The van der Waals surface area contributed by atoms with E-state index in [9.17, 15) is 13.5 Å². The molecule has 1 rings (SSSR count). The lowest BCUT2D eigenvalue weighted by molar-refractivity contribution is 0.259. The summed E-state index contributed by atoms with van der Waals surface area (Å²) in [5.74, 6) is 0.491. The topological polar surface area (TPSA) is 66.4 Å². The van der Waals surface area contributed by atoms with E-state index in [0.29, 0.717) is 10.8 Å².